The Balaban J connectivity index is 2.30. The molecule has 1 saturated heterocycles. The Morgan fingerprint density at radius 3 is 2.29 bits per heavy atom. The number of aryl methyl sites for hydroxylation is 1. The minimum absolute atomic E-state index is 0.186. The molecule has 0 bridgehead atoms. The lowest BCUT2D eigenvalue weighted by molar-refractivity contribution is -0.277. The fourth-order valence-electron chi connectivity index (χ4n) is 2.78. The van der Waals surface area contributed by atoms with E-state index in [0.717, 1.165) is 12.0 Å². The highest BCUT2D eigenvalue weighted by Crippen LogP contribution is 2.34. The molecule has 0 amide bonds. The monoisotopic (exact) mass is 340 g/mol. The van der Waals surface area contributed by atoms with Gasteiger partial charge in [-0.15, -0.1) is 0 Å². The van der Waals surface area contributed by atoms with E-state index in [-0.39, 0.29) is 5.41 Å². The van der Waals surface area contributed by atoms with Crippen LogP contribution < -0.4 is 4.74 Å². The molecule has 136 valence electrons. The molecule has 1 aromatic rings. The van der Waals surface area contributed by atoms with Crippen LogP contribution in [0.5, 0.6) is 5.75 Å². The minimum atomic E-state index is -1.45. The molecule has 24 heavy (non-hydrogen) atoms. The van der Waals surface area contributed by atoms with Gasteiger partial charge in [0.15, 0.2) is 0 Å². The summed E-state index contributed by atoms with van der Waals surface area (Å²) in [6.45, 7) is 7.76. The number of aliphatic hydroxyl groups excluding tert-OH is 4. The molecule has 0 unspecified atom stereocenters. The second-order valence-electron chi connectivity index (χ2n) is 7.25. The van der Waals surface area contributed by atoms with E-state index < -0.39 is 37.3 Å². The van der Waals surface area contributed by atoms with Crippen LogP contribution in [0.4, 0.5) is 0 Å². The van der Waals surface area contributed by atoms with Crippen LogP contribution in [0.15, 0.2) is 18.2 Å². The molecule has 1 aliphatic rings. The smallest absolute Gasteiger partial charge is 0.229 e. The van der Waals surface area contributed by atoms with Crippen molar-refractivity contribution in [3.63, 3.8) is 0 Å². The van der Waals surface area contributed by atoms with Crippen molar-refractivity contribution >= 4 is 0 Å². The van der Waals surface area contributed by atoms with E-state index in [1.165, 1.54) is 5.56 Å². The maximum atomic E-state index is 10.1. The average molecular weight is 340 g/mol. The normalized spacial score (nSPS) is 31.1. The Labute approximate surface area is 142 Å². The molecule has 5 atom stereocenters. The summed E-state index contributed by atoms with van der Waals surface area (Å²) in [6.07, 6.45) is -5.52. The third-order valence-corrected chi connectivity index (χ3v) is 4.35. The molecule has 0 radical (unpaired) electrons. The average Bonchev–Trinajstić information content (AvgIpc) is 2.54. The van der Waals surface area contributed by atoms with E-state index in [2.05, 4.69) is 33.8 Å². The topological polar surface area (TPSA) is 99.4 Å². The molecule has 6 heteroatoms. The van der Waals surface area contributed by atoms with Gasteiger partial charge in [0.25, 0.3) is 0 Å². The van der Waals surface area contributed by atoms with Crippen LogP contribution >= 0.6 is 0 Å². The molecule has 0 aromatic heterocycles. The van der Waals surface area contributed by atoms with Gasteiger partial charge in [-0.05, 0) is 29.0 Å². The zero-order valence-electron chi connectivity index (χ0n) is 14.6. The molecule has 2 rings (SSSR count). The molecule has 4 N–H and O–H groups in total. The molecule has 1 heterocycles. The van der Waals surface area contributed by atoms with Crippen LogP contribution in [0.3, 0.4) is 0 Å². The zero-order valence-corrected chi connectivity index (χ0v) is 14.6. The number of hydrogen-bond acceptors (Lipinski definition) is 6. The fraction of sp³-hybridized carbons (Fsp3) is 0.667. The highest BCUT2D eigenvalue weighted by molar-refractivity contribution is 5.41. The van der Waals surface area contributed by atoms with Crippen molar-refractivity contribution in [3.05, 3.63) is 29.3 Å². The van der Waals surface area contributed by atoms with E-state index in [9.17, 15) is 20.4 Å². The highest BCUT2D eigenvalue weighted by atomic mass is 16.7. The largest absolute Gasteiger partial charge is 0.462 e. The molecule has 1 aliphatic heterocycles. The summed E-state index contributed by atoms with van der Waals surface area (Å²) in [4.78, 5) is 0. The molecule has 0 saturated carbocycles. The molecule has 1 aromatic carbocycles. The summed E-state index contributed by atoms with van der Waals surface area (Å²) in [5, 5.41) is 39.1. The number of benzene rings is 1. The van der Waals surface area contributed by atoms with Crippen LogP contribution in [-0.2, 0) is 16.6 Å². The van der Waals surface area contributed by atoms with Gasteiger partial charge in [0.1, 0.15) is 30.2 Å². The van der Waals surface area contributed by atoms with Gasteiger partial charge in [-0.2, -0.15) is 0 Å². The van der Waals surface area contributed by atoms with Crippen molar-refractivity contribution < 1.29 is 29.9 Å². The van der Waals surface area contributed by atoms with Gasteiger partial charge in [-0.25, -0.2) is 0 Å². The number of rotatable bonds is 4. The predicted molar refractivity (Wildman–Crippen MR) is 88.9 cm³/mol. The Hall–Kier alpha value is -1.18. The first-order chi connectivity index (χ1) is 11.2. The first kappa shape index (κ1) is 19.1. The number of ether oxygens (including phenoxy) is 2. The summed E-state index contributed by atoms with van der Waals surface area (Å²) >= 11 is 0. The van der Waals surface area contributed by atoms with Crippen molar-refractivity contribution in [2.45, 2.75) is 70.2 Å². The third-order valence-electron chi connectivity index (χ3n) is 4.35. The Morgan fingerprint density at radius 2 is 1.75 bits per heavy atom. The lowest BCUT2D eigenvalue weighted by Gasteiger charge is -2.40. The first-order valence-electron chi connectivity index (χ1n) is 8.29. The maximum absolute atomic E-state index is 10.1. The lowest BCUT2D eigenvalue weighted by Crippen LogP contribution is -2.60. The maximum Gasteiger partial charge on any atom is 0.229 e. The molecule has 6 nitrogen and oxygen atoms in total. The van der Waals surface area contributed by atoms with Gasteiger partial charge >= 0.3 is 0 Å². The standard InChI is InChI=1S/C18H28O6/c1-5-10-6-7-12(11(8-10)18(2,3)4)23-17-16(22)15(21)14(20)13(9-19)24-17/h6-8,13-17,19-22H,5,9H2,1-4H3/t13-,14-,15+,16+,17-/m1/s1. The molecular formula is C18H28O6. The molecule has 0 spiro atoms. The lowest BCUT2D eigenvalue weighted by atomic mass is 9.85. The summed E-state index contributed by atoms with van der Waals surface area (Å²) in [5.41, 5.74) is 1.94. The van der Waals surface area contributed by atoms with Crippen LogP contribution in [0.2, 0.25) is 0 Å². The summed E-state index contributed by atoms with van der Waals surface area (Å²) < 4.78 is 11.2. The Bertz CT molecular complexity index is 551. The fourth-order valence-corrected chi connectivity index (χ4v) is 2.78. The van der Waals surface area contributed by atoms with E-state index in [0.29, 0.717) is 5.75 Å². The van der Waals surface area contributed by atoms with Crippen LogP contribution in [0.25, 0.3) is 0 Å². The zero-order chi connectivity index (χ0) is 18.1. The van der Waals surface area contributed by atoms with Crippen LogP contribution in [-0.4, -0.2) is 57.7 Å². The SMILES string of the molecule is CCc1ccc(O[C@@H]2O[C@H](CO)[C@@H](O)[C@H](O)[C@@H]2O)c(C(C)(C)C)c1. The van der Waals surface area contributed by atoms with Gasteiger partial charge in [0.2, 0.25) is 6.29 Å². The number of hydrogen-bond donors (Lipinski definition) is 4. The molecule has 1 fully saturated rings. The van der Waals surface area contributed by atoms with Crippen molar-refractivity contribution in [2.24, 2.45) is 0 Å². The summed E-state index contributed by atoms with van der Waals surface area (Å²) in [7, 11) is 0. The third kappa shape index (κ3) is 3.90. The van der Waals surface area contributed by atoms with Gasteiger partial charge in [-0.1, -0.05) is 39.8 Å². The van der Waals surface area contributed by atoms with Crippen LogP contribution in [0, 0.1) is 0 Å². The Kier molecular flexibility index (Phi) is 5.88. The molecule has 0 aliphatic carbocycles. The predicted octanol–water partition coefficient (Wildman–Crippen LogP) is 0.725. The summed E-state index contributed by atoms with van der Waals surface area (Å²) in [6, 6.07) is 5.81. The second-order valence-corrected chi connectivity index (χ2v) is 7.25. The number of aliphatic hydroxyl groups is 4. The van der Waals surface area contributed by atoms with Gasteiger partial charge in [0, 0.05) is 0 Å². The summed E-state index contributed by atoms with van der Waals surface area (Å²) in [5.74, 6) is 0.545. The van der Waals surface area contributed by atoms with Gasteiger partial charge in [-0.3, -0.25) is 0 Å². The minimum Gasteiger partial charge on any atom is -0.462 e. The first-order valence-corrected chi connectivity index (χ1v) is 8.29. The van der Waals surface area contributed by atoms with Gasteiger partial charge in [0.05, 0.1) is 6.61 Å². The highest BCUT2D eigenvalue weighted by Gasteiger charge is 2.45. The van der Waals surface area contributed by atoms with Crippen molar-refractivity contribution in [2.75, 3.05) is 6.61 Å². The van der Waals surface area contributed by atoms with E-state index in [1.54, 1.807) is 0 Å². The van der Waals surface area contributed by atoms with Crippen molar-refractivity contribution in [1.29, 1.82) is 0 Å². The quantitative estimate of drug-likeness (QED) is 0.645. The van der Waals surface area contributed by atoms with E-state index >= 15 is 0 Å². The van der Waals surface area contributed by atoms with Crippen molar-refractivity contribution in [3.8, 4) is 5.75 Å². The molecular weight excluding hydrogens is 312 g/mol. The van der Waals surface area contributed by atoms with Gasteiger partial charge < -0.3 is 29.9 Å². The Morgan fingerprint density at radius 1 is 1.08 bits per heavy atom. The van der Waals surface area contributed by atoms with E-state index in [4.69, 9.17) is 9.47 Å². The second kappa shape index (κ2) is 7.37. The van der Waals surface area contributed by atoms with E-state index in [1.807, 2.05) is 12.1 Å². The van der Waals surface area contributed by atoms with Crippen LogP contribution in [0.1, 0.15) is 38.8 Å². The van der Waals surface area contributed by atoms with Crippen molar-refractivity contribution in [1.82, 2.24) is 0 Å².